The molecule has 122 valence electrons. The van der Waals surface area contributed by atoms with Gasteiger partial charge in [-0.25, -0.2) is 4.79 Å². The summed E-state index contributed by atoms with van der Waals surface area (Å²) in [4.78, 5) is 25.5. The molecule has 2 aromatic rings. The minimum absolute atomic E-state index is 0.102. The number of amides is 1. The molecule has 1 heterocycles. The first-order valence-corrected chi connectivity index (χ1v) is 7.59. The Morgan fingerprint density at radius 3 is 2.58 bits per heavy atom. The second-order valence-corrected chi connectivity index (χ2v) is 5.68. The monoisotopic (exact) mass is 323 g/mol. The average molecular weight is 323 g/mol. The number of ether oxygens (including phenoxy) is 1. The molecule has 3 rings (SSSR count). The zero-order valence-corrected chi connectivity index (χ0v) is 13.4. The standard InChI is InChI=1S/C19H17NO4/c1-12-8-9-16-15(10-12)20(13(2)19(22)23)18(21)17(24-16)11-14-6-4-3-5-7-14/h3-11,13H,1-2H3,(H,22,23)/b17-11+. The van der Waals surface area contributed by atoms with Crippen LogP contribution in [-0.4, -0.2) is 23.0 Å². The molecule has 1 atom stereocenters. The van der Waals surface area contributed by atoms with Gasteiger partial charge in [0, 0.05) is 0 Å². The van der Waals surface area contributed by atoms with Crippen LogP contribution in [-0.2, 0) is 9.59 Å². The molecule has 2 aromatic carbocycles. The van der Waals surface area contributed by atoms with Crippen molar-refractivity contribution in [3.8, 4) is 5.75 Å². The van der Waals surface area contributed by atoms with Crippen LogP contribution < -0.4 is 9.64 Å². The summed E-state index contributed by atoms with van der Waals surface area (Å²) in [6.45, 7) is 3.36. The Morgan fingerprint density at radius 2 is 1.92 bits per heavy atom. The molecule has 0 saturated heterocycles. The maximum atomic E-state index is 12.8. The van der Waals surface area contributed by atoms with Crippen LogP contribution in [0.25, 0.3) is 6.08 Å². The van der Waals surface area contributed by atoms with E-state index in [-0.39, 0.29) is 5.76 Å². The third-order valence-electron chi connectivity index (χ3n) is 3.87. The molecular weight excluding hydrogens is 306 g/mol. The first-order chi connectivity index (χ1) is 11.5. The molecule has 0 fully saturated rings. The lowest BCUT2D eigenvalue weighted by Crippen LogP contribution is -2.47. The summed E-state index contributed by atoms with van der Waals surface area (Å²) in [5.74, 6) is -0.968. The van der Waals surface area contributed by atoms with Gasteiger partial charge in [0.2, 0.25) is 0 Å². The molecule has 0 aliphatic carbocycles. The molecule has 1 N–H and O–H groups in total. The third-order valence-corrected chi connectivity index (χ3v) is 3.87. The van der Waals surface area contributed by atoms with Crippen molar-refractivity contribution in [2.75, 3.05) is 4.90 Å². The van der Waals surface area contributed by atoms with Crippen LogP contribution in [0, 0.1) is 6.92 Å². The second-order valence-electron chi connectivity index (χ2n) is 5.68. The first kappa shape index (κ1) is 15.8. The van der Waals surface area contributed by atoms with Gasteiger partial charge in [-0.2, -0.15) is 0 Å². The number of rotatable bonds is 3. The van der Waals surface area contributed by atoms with E-state index >= 15 is 0 Å². The third kappa shape index (κ3) is 2.88. The van der Waals surface area contributed by atoms with Gasteiger partial charge in [-0.3, -0.25) is 9.69 Å². The number of hydrogen-bond donors (Lipinski definition) is 1. The molecule has 1 aliphatic heterocycles. The topological polar surface area (TPSA) is 66.8 Å². The molecule has 5 nitrogen and oxygen atoms in total. The summed E-state index contributed by atoms with van der Waals surface area (Å²) < 4.78 is 5.74. The van der Waals surface area contributed by atoms with Crippen LogP contribution in [0.1, 0.15) is 18.1 Å². The molecular formula is C19H17NO4. The number of nitrogens with zero attached hydrogens (tertiary/aromatic N) is 1. The Hall–Kier alpha value is -3.08. The summed E-state index contributed by atoms with van der Waals surface area (Å²) >= 11 is 0. The van der Waals surface area contributed by atoms with Crippen molar-refractivity contribution in [1.82, 2.24) is 0 Å². The molecule has 0 radical (unpaired) electrons. The number of fused-ring (bicyclic) bond motifs is 1. The highest BCUT2D eigenvalue weighted by Gasteiger charge is 2.36. The molecule has 0 aromatic heterocycles. The fraction of sp³-hybridized carbons (Fsp3) is 0.158. The van der Waals surface area contributed by atoms with E-state index in [2.05, 4.69) is 0 Å². The quantitative estimate of drug-likeness (QED) is 0.881. The molecule has 1 unspecified atom stereocenters. The summed E-state index contributed by atoms with van der Waals surface area (Å²) in [6, 6.07) is 13.6. The van der Waals surface area contributed by atoms with E-state index in [1.54, 1.807) is 18.2 Å². The van der Waals surface area contributed by atoms with Gasteiger partial charge in [-0.05, 0) is 43.2 Å². The van der Waals surface area contributed by atoms with Crippen molar-refractivity contribution in [2.45, 2.75) is 19.9 Å². The van der Waals surface area contributed by atoms with Crippen molar-refractivity contribution in [3.63, 3.8) is 0 Å². The summed E-state index contributed by atoms with van der Waals surface area (Å²) in [7, 11) is 0. The van der Waals surface area contributed by atoms with Crippen molar-refractivity contribution < 1.29 is 19.4 Å². The Kier molecular flexibility index (Phi) is 4.08. The van der Waals surface area contributed by atoms with Gasteiger partial charge in [0.1, 0.15) is 6.04 Å². The second kappa shape index (κ2) is 6.20. The lowest BCUT2D eigenvalue weighted by atomic mass is 10.1. The van der Waals surface area contributed by atoms with Crippen LogP contribution in [0.3, 0.4) is 0 Å². The van der Waals surface area contributed by atoms with Crippen molar-refractivity contribution >= 4 is 23.6 Å². The number of carboxylic acid groups (broad SMARTS) is 1. The fourth-order valence-electron chi connectivity index (χ4n) is 2.58. The zero-order valence-electron chi connectivity index (χ0n) is 13.4. The van der Waals surface area contributed by atoms with Gasteiger partial charge in [0.15, 0.2) is 11.5 Å². The number of carbonyl (C=O) groups excluding carboxylic acids is 1. The number of aryl methyl sites for hydroxylation is 1. The normalized spacial score (nSPS) is 16.5. The van der Waals surface area contributed by atoms with Crippen LogP contribution in [0.2, 0.25) is 0 Å². The Morgan fingerprint density at radius 1 is 1.21 bits per heavy atom. The van der Waals surface area contributed by atoms with E-state index < -0.39 is 17.9 Å². The Balaban J connectivity index is 2.11. The molecule has 1 aliphatic rings. The maximum Gasteiger partial charge on any atom is 0.326 e. The molecule has 0 spiro atoms. The minimum atomic E-state index is -1.07. The highest BCUT2D eigenvalue weighted by molar-refractivity contribution is 6.12. The van der Waals surface area contributed by atoms with Gasteiger partial charge in [0.25, 0.3) is 5.91 Å². The van der Waals surface area contributed by atoms with Gasteiger partial charge >= 0.3 is 5.97 Å². The average Bonchev–Trinajstić information content (AvgIpc) is 2.56. The number of aliphatic carboxylic acids is 1. The zero-order chi connectivity index (χ0) is 17.3. The highest BCUT2D eigenvalue weighted by atomic mass is 16.5. The van der Waals surface area contributed by atoms with E-state index in [0.717, 1.165) is 11.1 Å². The smallest absolute Gasteiger partial charge is 0.326 e. The van der Waals surface area contributed by atoms with Crippen molar-refractivity contribution in [1.29, 1.82) is 0 Å². The first-order valence-electron chi connectivity index (χ1n) is 7.59. The van der Waals surface area contributed by atoms with Crippen LogP contribution >= 0.6 is 0 Å². The molecule has 24 heavy (non-hydrogen) atoms. The Bertz CT molecular complexity index is 827. The van der Waals surface area contributed by atoms with Crippen molar-refractivity contribution in [3.05, 3.63) is 65.4 Å². The Labute approximate surface area is 139 Å². The van der Waals surface area contributed by atoms with E-state index in [1.807, 2.05) is 43.3 Å². The summed E-state index contributed by atoms with van der Waals surface area (Å²) in [6.07, 6.45) is 1.62. The number of carbonyl (C=O) groups is 2. The predicted octanol–water partition coefficient (Wildman–Crippen LogP) is 3.23. The van der Waals surface area contributed by atoms with Crippen LogP contribution in [0.5, 0.6) is 5.75 Å². The lowest BCUT2D eigenvalue weighted by Gasteiger charge is -2.33. The number of benzene rings is 2. The molecule has 0 saturated carbocycles. The maximum absolute atomic E-state index is 12.8. The minimum Gasteiger partial charge on any atom is -0.480 e. The predicted molar refractivity (Wildman–Crippen MR) is 90.8 cm³/mol. The van der Waals surface area contributed by atoms with Gasteiger partial charge in [-0.1, -0.05) is 36.4 Å². The number of carboxylic acids is 1. The van der Waals surface area contributed by atoms with E-state index in [4.69, 9.17) is 4.74 Å². The van der Waals surface area contributed by atoms with Gasteiger partial charge < -0.3 is 9.84 Å². The molecule has 5 heteroatoms. The fourth-order valence-corrected chi connectivity index (χ4v) is 2.58. The van der Waals surface area contributed by atoms with Crippen molar-refractivity contribution in [2.24, 2.45) is 0 Å². The largest absolute Gasteiger partial charge is 0.480 e. The van der Waals surface area contributed by atoms with Crippen LogP contribution in [0.4, 0.5) is 5.69 Å². The number of anilines is 1. The van der Waals surface area contributed by atoms with Crippen LogP contribution in [0.15, 0.2) is 54.3 Å². The SMILES string of the molecule is Cc1ccc2c(c1)N(C(C)C(=O)O)C(=O)/C(=C\c1ccccc1)O2. The van der Waals surface area contributed by atoms with Gasteiger partial charge in [0.05, 0.1) is 5.69 Å². The molecule has 0 bridgehead atoms. The highest BCUT2D eigenvalue weighted by Crippen LogP contribution is 2.37. The molecule has 1 amide bonds. The number of hydrogen-bond acceptors (Lipinski definition) is 3. The van der Waals surface area contributed by atoms with E-state index in [0.29, 0.717) is 11.4 Å². The van der Waals surface area contributed by atoms with Gasteiger partial charge in [-0.15, -0.1) is 0 Å². The summed E-state index contributed by atoms with van der Waals surface area (Å²) in [5.41, 5.74) is 2.20. The summed E-state index contributed by atoms with van der Waals surface area (Å²) in [5, 5.41) is 9.37. The van der Waals surface area contributed by atoms with E-state index in [1.165, 1.54) is 11.8 Å². The van der Waals surface area contributed by atoms with E-state index in [9.17, 15) is 14.7 Å². The lowest BCUT2D eigenvalue weighted by molar-refractivity contribution is -0.139.